The normalized spacial score (nSPS) is 2.18. The maximum Gasteiger partial charge on any atom is 3.00 e. The van der Waals surface area contributed by atoms with Crippen LogP contribution in [-0.4, -0.2) is 21.2 Å². The summed E-state index contributed by atoms with van der Waals surface area (Å²) < 4.78 is 0. The molecule has 11 heteroatoms. The van der Waals surface area contributed by atoms with Crippen LogP contribution in [0.3, 0.4) is 0 Å². The van der Waals surface area contributed by atoms with Crippen molar-refractivity contribution in [1.82, 2.24) is 0 Å². The molecule has 0 heterocycles. The van der Waals surface area contributed by atoms with E-state index in [-0.39, 0.29) is 52.3 Å². The molecule has 0 amide bonds. The fraction of sp³-hybridized carbons (Fsp3) is 0. The molecule has 0 spiro atoms. The molecule has 0 fully saturated rings. The molecule has 0 unspecified atom stereocenters. The predicted molar refractivity (Wildman–Crippen MR) is 37.1 cm³/mol. The Hall–Kier alpha value is -0.534. The Morgan fingerprint density at radius 1 is 1.00 bits per heavy atom. The smallest absolute Gasteiger partial charge is 0.693 e. The zero-order valence-corrected chi connectivity index (χ0v) is 6.39. The Kier molecular flexibility index (Phi) is 1560. The summed E-state index contributed by atoms with van der Waals surface area (Å²) in [4.78, 5) is 8.36. The average molecular weight is 222 g/mol. The molecule has 0 saturated carbocycles. The van der Waals surface area contributed by atoms with Crippen LogP contribution in [0.2, 0.25) is 0 Å². The molecule has 0 atom stereocenters. The van der Waals surface area contributed by atoms with Gasteiger partial charge in [0, 0.05) is 0 Å². The molecule has 0 bridgehead atoms. The van der Waals surface area contributed by atoms with Crippen LogP contribution < -0.4 is 0 Å². The zero-order valence-electron chi connectivity index (χ0n) is 5.35. The van der Waals surface area contributed by atoms with Crippen molar-refractivity contribution in [2.45, 2.75) is 0 Å². The Labute approximate surface area is 73.6 Å². The molecule has 0 rings (SSSR count). The summed E-state index contributed by atoms with van der Waals surface area (Å²) >= 11 is 0. The third-order valence-electron chi connectivity index (χ3n) is 0. The van der Waals surface area contributed by atoms with Crippen molar-refractivity contribution in [3.05, 3.63) is 34.7 Å². The summed E-state index contributed by atoms with van der Waals surface area (Å²) in [7, 11) is 0. The molecule has 78 valence electrons. The quantitative estimate of drug-likeness (QED) is 0.461. The third-order valence-corrected chi connectivity index (χ3v) is 0. The summed E-state index contributed by atoms with van der Waals surface area (Å²) in [6.07, 6.45) is 0. The fourth-order valence-corrected chi connectivity index (χ4v) is 0. The molecule has 0 saturated heterocycles. The monoisotopic (exact) mass is 222 g/mol. The standard InChI is InChI=1S/Co.HNO3.4H2N.2H2O/c;2-1(3)4;;;;;;/h;(H,2,3,4);6*1H2/q+3;;4*-1;;. The zero-order chi connectivity index (χ0) is 3.58. The van der Waals surface area contributed by atoms with E-state index in [0.717, 1.165) is 0 Å². The van der Waals surface area contributed by atoms with E-state index in [9.17, 15) is 0 Å². The van der Waals surface area contributed by atoms with Crippen LogP contribution >= 0.6 is 0 Å². The van der Waals surface area contributed by atoms with Crippen LogP contribution in [0.25, 0.3) is 24.6 Å². The van der Waals surface area contributed by atoms with Gasteiger partial charge in [0.25, 0.3) is 5.09 Å². The maximum atomic E-state index is 8.36. The van der Waals surface area contributed by atoms with E-state index in [0.29, 0.717) is 0 Å². The Bertz CT molecular complexity index is 37.9. The first-order valence-electron chi connectivity index (χ1n) is 0.565. The Balaban J connectivity index is -0.00000000214. The van der Waals surface area contributed by atoms with Crippen molar-refractivity contribution in [3.63, 3.8) is 0 Å². The molecule has 0 aliphatic rings. The van der Waals surface area contributed by atoms with E-state index in [1.165, 1.54) is 0 Å². The minimum absolute atomic E-state index is 0. The largest absolute Gasteiger partial charge is 3.00 e. The minimum atomic E-state index is -1.50. The summed E-state index contributed by atoms with van der Waals surface area (Å²) in [6, 6.07) is 0. The molecule has 0 aliphatic heterocycles. The van der Waals surface area contributed by atoms with Gasteiger partial charge in [-0.25, -0.2) is 0 Å². The van der Waals surface area contributed by atoms with Crippen molar-refractivity contribution in [1.29, 1.82) is 0 Å². The molecule has 0 aromatic rings. The Morgan fingerprint density at radius 2 is 1.00 bits per heavy atom. The third kappa shape index (κ3) is 1850. The topological polar surface area (TPSA) is 260 Å². The van der Waals surface area contributed by atoms with Gasteiger partial charge in [0.1, 0.15) is 0 Å². The maximum absolute atomic E-state index is 8.36. The summed E-state index contributed by atoms with van der Waals surface area (Å²) in [5.41, 5.74) is 0. The Morgan fingerprint density at radius 3 is 1.00 bits per heavy atom. The van der Waals surface area contributed by atoms with Crippen LogP contribution in [0.15, 0.2) is 0 Å². The van der Waals surface area contributed by atoms with Crippen LogP contribution in [0.5, 0.6) is 0 Å². The number of hydrogen-bond donors (Lipinski definition) is 1. The van der Waals surface area contributed by atoms with Gasteiger partial charge in [0.2, 0.25) is 0 Å². The fourth-order valence-electron chi connectivity index (χ4n) is 0. The van der Waals surface area contributed by atoms with E-state index in [1.54, 1.807) is 0 Å². The first-order valence-corrected chi connectivity index (χ1v) is 0.565. The molecular weight excluding hydrogens is 209 g/mol. The van der Waals surface area contributed by atoms with Crippen molar-refractivity contribution in [2.75, 3.05) is 0 Å². The molecule has 0 aliphatic carbocycles. The summed E-state index contributed by atoms with van der Waals surface area (Å²) in [5.74, 6) is 0. The van der Waals surface area contributed by atoms with Crippen LogP contribution in [0.1, 0.15) is 0 Å². The van der Waals surface area contributed by atoms with Crippen LogP contribution in [-0.2, 0) is 16.8 Å². The van der Waals surface area contributed by atoms with Gasteiger partial charge < -0.3 is 40.8 Å². The second-order valence-corrected chi connectivity index (χ2v) is 0.238. The predicted octanol–water partition coefficient (Wildman–Crippen LogP) is 0.869. The molecule has 13 N–H and O–H groups in total. The van der Waals surface area contributed by atoms with E-state index < -0.39 is 5.09 Å². The number of hydrogen-bond acceptors (Lipinski definition) is 2. The number of nitrogens with zero attached hydrogens (tertiary/aromatic N) is 1. The van der Waals surface area contributed by atoms with Gasteiger partial charge in [-0.15, -0.1) is 10.1 Å². The second kappa shape index (κ2) is 112. The molecule has 0 radical (unpaired) electrons. The number of rotatable bonds is 0. The van der Waals surface area contributed by atoms with Gasteiger partial charge in [-0.2, -0.15) is 0 Å². The minimum Gasteiger partial charge on any atom is -0.693 e. The van der Waals surface area contributed by atoms with Crippen LogP contribution in [0, 0.1) is 10.1 Å². The molecule has 10 nitrogen and oxygen atoms in total. The van der Waals surface area contributed by atoms with Crippen LogP contribution in [0.4, 0.5) is 0 Å². The van der Waals surface area contributed by atoms with E-state index in [2.05, 4.69) is 0 Å². The van der Waals surface area contributed by atoms with Gasteiger partial charge in [0.05, 0.1) is 0 Å². The molecule has 0 aromatic carbocycles. The van der Waals surface area contributed by atoms with Gasteiger partial charge in [-0.05, 0) is 0 Å². The molecular formula is H13CoN5O5-. The SMILES string of the molecule is O.O.O=[N+]([O-])O.[Co+3].[NH2-].[NH2-].[NH2-].[NH2-]. The van der Waals surface area contributed by atoms with E-state index >= 15 is 0 Å². The van der Waals surface area contributed by atoms with Crippen molar-refractivity contribution < 1.29 is 38.0 Å². The van der Waals surface area contributed by atoms with Gasteiger partial charge in [0.15, 0.2) is 0 Å². The second-order valence-electron chi connectivity index (χ2n) is 0.238. The molecule has 11 heavy (non-hydrogen) atoms. The van der Waals surface area contributed by atoms with Crippen molar-refractivity contribution in [3.8, 4) is 0 Å². The first kappa shape index (κ1) is 154. The molecule has 0 aromatic heterocycles. The van der Waals surface area contributed by atoms with Gasteiger partial charge in [-0.1, -0.05) is 0 Å². The van der Waals surface area contributed by atoms with Gasteiger partial charge >= 0.3 is 16.8 Å². The van der Waals surface area contributed by atoms with Crippen molar-refractivity contribution in [2.24, 2.45) is 0 Å². The van der Waals surface area contributed by atoms with E-state index in [4.69, 9.17) is 15.3 Å². The van der Waals surface area contributed by atoms with Gasteiger partial charge in [-0.3, -0.25) is 0 Å². The number of nitrogens with two attached hydrogens (primary N) is 4. The summed E-state index contributed by atoms with van der Waals surface area (Å²) in [6.45, 7) is 0. The summed E-state index contributed by atoms with van der Waals surface area (Å²) in [5, 5.41) is 13.6. The van der Waals surface area contributed by atoms with Crippen molar-refractivity contribution >= 4 is 0 Å². The average Bonchev–Trinajstić information content (AvgIpc) is 0.811. The van der Waals surface area contributed by atoms with E-state index in [1.807, 2.05) is 0 Å². The first-order chi connectivity index (χ1) is 1.73.